The summed E-state index contributed by atoms with van der Waals surface area (Å²) in [6.45, 7) is 6.04. The molecule has 0 spiro atoms. The number of carbonyl (C=O) groups excluding carboxylic acids is 1. The van der Waals surface area contributed by atoms with Gasteiger partial charge in [-0.2, -0.15) is 0 Å². The molecule has 0 radical (unpaired) electrons. The normalized spacial score (nSPS) is 12.7. The first-order valence-electron chi connectivity index (χ1n) is 4.93. The molecule has 0 atom stereocenters. The van der Waals surface area contributed by atoms with Gasteiger partial charge in [0.1, 0.15) is 5.56 Å². The number of rotatable bonds is 1. The van der Waals surface area contributed by atoms with Gasteiger partial charge in [-0.15, -0.1) is 0 Å². The van der Waals surface area contributed by atoms with Crippen molar-refractivity contribution in [2.45, 2.75) is 32.5 Å². The molecule has 1 aromatic rings. The predicted octanol–water partition coefficient (Wildman–Crippen LogP) is 1.58. The van der Waals surface area contributed by atoms with Gasteiger partial charge in [-0.25, -0.2) is 4.98 Å². The second-order valence-electron chi connectivity index (χ2n) is 2.82. The number of nitrogens with zero attached hydrogens (tertiary/aromatic N) is 2. The Morgan fingerprint density at radius 1 is 1.53 bits per heavy atom. The van der Waals surface area contributed by atoms with Gasteiger partial charge in [0.05, 0.1) is 0 Å². The largest absolute Gasteiger partial charge is 0.294 e. The predicted molar refractivity (Wildman–Crippen MR) is 60.6 cm³/mol. The van der Waals surface area contributed by atoms with E-state index in [1.54, 1.807) is 16.3 Å². The van der Waals surface area contributed by atoms with E-state index in [4.69, 9.17) is 0 Å². The maximum absolute atomic E-state index is 11.6. The summed E-state index contributed by atoms with van der Waals surface area (Å²) in [5, 5.41) is 0.718. The summed E-state index contributed by atoms with van der Waals surface area (Å²) in [6, 6.07) is 0. The Kier molecular flexibility index (Phi) is 4.08. The van der Waals surface area contributed by atoms with Crippen LogP contribution >= 0.6 is 11.8 Å². The summed E-state index contributed by atoms with van der Waals surface area (Å²) < 4.78 is 1.56. The molecule has 0 unspecified atom stereocenters. The highest BCUT2D eigenvalue weighted by atomic mass is 32.2. The molecule has 0 amide bonds. The molecule has 5 heteroatoms. The van der Waals surface area contributed by atoms with Gasteiger partial charge >= 0.3 is 0 Å². The van der Waals surface area contributed by atoms with Crippen LogP contribution in [-0.2, 0) is 6.54 Å². The Labute approximate surface area is 92.7 Å². The molecule has 0 aromatic carbocycles. The second kappa shape index (κ2) is 5.11. The number of hydrogen-bond acceptors (Lipinski definition) is 4. The van der Waals surface area contributed by atoms with Crippen molar-refractivity contribution in [2.75, 3.05) is 5.75 Å². The summed E-state index contributed by atoms with van der Waals surface area (Å²) >= 11 is 1.54. The summed E-state index contributed by atoms with van der Waals surface area (Å²) in [5.41, 5.74) is -0.0197. The molecule has 1 aliphatic rings. The third-order valence-electron chi connectivity index (χ3n) is 1.94. The monoisotopic (exact) mass is 226 g/mol. The summed E-state index contributed by atoms with van der Waals surface area (Å²) in [6.07, 6.45) is 1.37. The fourth-order valence-corrected chi connectivity index (χ4v) is 2.17. The van der Waals surface area contributed by atoms with Gasteiger partial charge in [-0.05, 0) is 6.92 Å². The number of ketones is 1. The molecule has 1 aromatic heterocycles. The number of hydrogen-bond donors (Lipinski definition) is 0. The molecule has 1 aliphatic heterocycles. The van der Waals surface area contributed by atoms with Gasteiger partial charge in [0, 0.05) is 18.5 Å². The number of carbonyl (C=O) groups is 1. The van der Waals surface area contributed by atoms with E-state index in [9.17, 15) is 9.59 Å². The highest BCUT2D eigenvalue weighted by molar-refractivity contribution is 7.99. The van der Waals surface area contributed by atoms with Crippen LogP contribution in [-0.4, -0.2) is 21.1 Å². The van der Waals surface area contributed by atoms with Crippen molar-refractivity contribution in [2.24, 2.45) is 0 Å². The van der Waals surface area contributed by atoms with Gasteiger partial charge in [0.15, 0.2) is 10.9 Å². The number of fused-ring (bicyclic) bond motifs is 1. The minimum Gasteiger partial charge on any atom is -0.294 e. The van der Waals surface area contributed by atoms with Crippen LogP contribution in [0.25, 0.3) is 0 Å². The number of aromatic nitrogens is 2. The highest BCUT2D eigenvalue weighted by Crippen LogP contribution is 2.20. The van der Waals surface area contributed by atoms with E-state index in [1.807, 2.05) is 13.8 Å². The molecule has 2 heterocycles. The van der Waals surface area contributed by atoms with Crippen molar-refractivity contribution in [3.63, 3.8) is 0 Å². The lowest BCUT2D eigenvalue weighted by Crippen LogP contribution is -2.25. The Balaban J connectivity index is 0.000000531. The van der Waals surface area contributed by atoms with Gasteiger partial charge in [0.2, 0.25) is 0 Å². The minimum absolute atomic E-state index is 0.186. The van der Waals surface area contributed by atoms with Crippen LogP contribution in [0.1, 0.15) is 31.1 Å². The van der Waals surface area contributed by atoms with Crippen molar-refractivity contribution in [1.29, 1.82) is 0 Å². The zero-order chi connectivity index (χ0) is 11.4. The first-order chi connectivity index (χ1) is 7.20. The SMILES string of the molecule is CC.CC(=O)c1cnc2n(c1=O)CCS2. The van der Waals surface area contributed by atoms with Crippen LogP contribution in [0.4, 0.5) is 0 Å². The fourth-order valence-electron chi connectivity index (χ4n) is 1.26. The molecule has 82 valence electrons. The van der Waals surface area contributed by atoms with Crippen LogP contribution < -0.4 is 5.56 Å². The number of Topliss-reactive ketones (excluding diaryl/α,β-unsaturated/α-hetero) is 1. The van der Waals surface area contributed by atoms with E-state index in [1.165, 1.54) is 13.1 Å². The van der Waals surface area contributed by atoms with Gasteiger partial charge in [-0.3, -0.25) is 14.2 Å². The fraction of sp³-hybridized carbons (Fsp3) is 0.500. The average molecular weight is 226 g/mol. The van der Waals surface area contributed by atoms with Crippen LogP contribution in [0, 0.1) is 0 Å². The van der Waals surface area contributed by atoms with E-state index < -0.39 is 0 Å². The van der Waals surface area contributed by atoms with Crippen LogP contribution in [0.2, 0.25) is 0 Å². The molecule has 0 saturated carbocycles. The average Bonchev–Trinajstić information content (AvgIpc) is 2.69. The summed E-state index contributed by atoms with van der Waals surface area (Å²) in [7, 11) is 0. The molecule has 0 bridgehead atoms. The van der Waals surface area contributed by atoms with Gasteiger partial charge < -0.3 is 0 Å². The van der Waals surface area contributed by atoms with E-state index in [2.05, 4.69) is 4.98 Å². The van der Waals surface area contributed by atoms with Crippen molar-refractivity contribution >= 4 is 17.5 Å². The van der Waals surface area contributed by atoms with Gasteiger partial charge in [0.25, 0.3) is 5.56 Å². The molecule has 2 rings (SSSR count). The quantitative estimate of drug-likeness (QED) is 0.539. The Morgan fingerprint density at radius 2 is 2.20 bits per heavy atom. The first-order valence-corrected chi connectivity index (χ1v) is 5.92. The Bertz CT molecular complexity index is 426. The molecule has 0 aliphatic carbocycles. The lowest BCUT2D eigenvalue weighted by molar-refractivity contribution is 0.101. The third kappa shape index (κ3) is 2.28. The van der Waals surface area contributed by atoms with Crippen molar-refractivity contribution in [3.8, 4) is 0 Å². The zero-order valence-corrected chi connectivity index (χ0v) is 9.93. The molecule has 4 nitrogen and oxygen atoms in total. The Morgan fingerprint density at radius 3 is 2.80 bits per heavy atom. The van der Waals surface area contributed by atoms with Crippen LogP contribution in [0.3, 0.4) is 0 Å². The van der Waals surface area contributed by atoms with Crippen molar-refractivity contribution in [1.82, 2.24) is 9.55 Å². The number of thioether (sulfide) groups is 1. The molecular weight excluding hydrogens is 212 g/mol. The summed E-state index contributed by atoms with van der Waals surface area (Å²) in [5.74, 6) is 0.647. The highest BCUT2D eigenvalue weighted by Gasteiger charge is 2.17. The lowest BCUT2D eigenvalue weighted by atomic mass is 10.2. The first kappa shape index (κ1) is 12.0. The minimum atomic E-state index is -0.218. The third-order valence-corrected chi connectivity index (χ3v) is 2.91. The molecule has 0 saturated heterocycles. The second-order valence-corrected chi connectivity index (χ2v) is 3.88. The van der Waals surface area contributed by atoms with E-state index >= 15 is 0 Å². The van der Waals surface area contributed by atoms with Gasteiger partial charge in [-0.1, -0.05) is 25.6 Å². The zero-order valence-electron chi connectivity index (χ0n) is 9.11. The maximum Gasteiger partial charge on any atom is 0.265 e. The smallest absolute Gasteiger partial charge is 0.265 e. The van der Waals surface area contributed by atoms with Crippen LogP contribution in [0.5, 0.6) is 0 Å². The van der Waals surface area contributed by atoms with Crippen molar-refractivity contribution < 1.29 is 4.79 Å². The van der Waals surface area contributed by atoms with E-state index in [0.29, 0.717) is 6.54 Å². The van der Waals surface area contributed by atoms with Crippen molar-refractivity contribution in [3.05, 3.63) is 22.1 Å². The van der Waals surface area contributed by atoms with Crippen LogP contribution in [0.15, 0.2) is 16.1 Å². The molecular formula is C10H14N2O2S. The standard InChI is InChI=1S/C8H8N2O2S.C2H6/c1-5(11)6-4-9-8-10(7(6)12)2-3-13-8;1-2/h4H,2-3H2,1H3;1-2H3. The Hall–Kier alpha value is -1.10. The molecule has 0 N–H and O–H groups in total. The lowest BCUT2D eigenvalue weighted by Gasteiger charge is -2.01. The molecule has 15 heavy (non-hydrogen) atoms. The molecule has 0 fully saturated rings. The van der Waals surface area contributed by atoms with E-state index in [0.717, 1.165) is 10.9 Å². The van der Waals surface area contributed by atoms with E-state index in [-0.39, 0.29) is 16.9 Å². The topological polar surface area (TPSA) is 52.0 Å². The maximum atomic E-state index is 11.6. The summed E-state index contributed by atoms with van der Waals surface area (Å²) in [4.78, 5) is 26.6.